The van der Waals surface area contributed by atoms with Crippen LogP contribution in [0.4, 0.5) is 0 Å². The molecule has 0 aromatic carbocycles. The van der Waals surface area contributed by atoms with Crippen molar-refractivity contribution in [3.8, 4) is 0 Å². The lowest BCUT2D eigenvalue weighted by Crippen LogP contribution is -2.43. The molecule has 110 valence electrons. The van der Waals surface area contributed by atoms with Crippen molar-refractivity contribution < 1.29 is 26.6 Å². The van der Waals surface area contributed by atoms with Gasteiger partial charge in [-0.2, -0.15) is 0 Å². The van der Waals surface area contributed by atoms with E-state index in [0.717, 1.165) is 18.2 Å². The predicted octanol–water partition coefficient (Wildman–Crippen LogP) is 1.36. The molecule has 0 spiro atoms. The maximum Gasteiger partial charge on any atom is 0.572 e. The van der Waals surface area contributed by atoms with Crippen molar-refractivity contribution >= 4 is 28.0 Å². The van der Waals surface area contributed by atoms with Gasteiger partial charge in [0, 0.05) is 48.7 Å². The Hall–Kier alpha value is 0.544. The van der Waals surface area contributed by atoms with Crippen LogP contribution in [0.25, 0.3) is 0 Å². The quantitative estimate of drug-likeness (QED) is 0.421. The van der Waals surface area contributed by atoms with Crippen LogP contribution in [0.5, 0.6) is 0 Å². The predicted molar refractivity (Wildman–Crippen MR) is 75.4 cm³/mol. The van der Waals surface area contributed by atoms with Gasteiger partial charge in [-0.25, -0.2) is 0 Å². The third-order valence-corrected chi connectivity index (χ3v) is 10.9. The molecule has 0 aliphatic carbocycles. The lowest BCUT2D eigenvalue weighted by Gasteiger charge is -2.25. The van der Waals surface area contributed by atoms with Crippen molar-refractivity contribution in [2.24, 2.45) is 0 Å². The summed E-state index contributed by atoms with van der Waals surface area (Å²) >= 11 is 1.57. The monoisotopic (exact) mass is 316 g/mol. The number of hydrogen-bond acceptors (Lipinski definition) is 7. The smallest absolute Gasteiger partial charge is 0.377 e. The topological polar surface area (TPSA) is 55.4 Å². The average molecular weight is 317 g/mol. The van der Waals surface area contributed by atoms with Gasteiger partial charge in [0.25, 0.3) is 0 Å². The van der Waals surface area contributed by atoms with E-state index in [2.05, 4.69) is 0 Å². The normalized spacial score (nSPS) is 13.0. The lowest BCUT2D eigenvalue weighted by atomic mass is 10.6. The highest BCUT2D eigenvalue weighted by Crippen LogP contribution is 2.25. The van der Waals surface area contributed by atoms with E-state index in [1.807, 2.05) is 0 Å². The molecule has 0 aromatic heterocycles. The molecule has 0 rings (SSSR count). The molecular weight excluding hydrogens is 292 g/mol. The fourth-order valence-corrected chi connectivity index (χ4v) is 7.08. The van der Waals surface area contributed by atoms with Gasteiger partial charge in [0.1, 0.15) is 0 Å². The number of hydrogen-bond donors (Lipinski definition) is 0. The Morgan fingerprint density at radius 1 is 0.722 bits per heavy atom. The van der Waals surface area contributed by atoms with Crippen LogP contribution in [0, 0.1) is 0 Å². The molecule has 0 saturated carbocycles. The Kier molecular flexibility index (Phi) is 9.73. The molecule has 0 bridgehead atoms. The van der Waals surface area contributed by atoms with E-state index < -0.39 is 16.8 Å². The minimum Gasteiger partial charge on any atom is -0.377 e. The van der Waals surface area contributed by atoms with E-state index in [-0.39, 0.29) is 0 Å². The Morgan fingerprint density at radius 3 is 1.50 bits per heavy atom. The van der Waals surface area contributed by atoms with Crippen LogP contribution in [0.15, 0.2) is 0 Å². The van der Waals surface area contributed by atoms with Crippen LogP contribution in [-0.2, 0) is 26.6 Å². The molecular formula is C9H24O6SSi2. The zero-order valence-electron chi connectivity index (χ0n) is 12.0. The van der Waals surface area contributed by atoms with Crippen molar-refractivity contribution in [2.45, 2.75) is 12.5 Å². The zero-order chi connectivity index (χ0) is 14.1. The summed E-state index contributed by atoms with van der Waals surface area (Å²) in [6.45, 7) is 0. The molecule has 0 N–H and O–H groups in total. The second-order valence-corrected chi connectivity index (χ2v) is 11.7. The van der Waals surface area contributed by atoms with Crippen LogP contribution in [0.2, 0.25) is 6.04 Å². The molecule has 0 aromatic rings. The van der Waals surface area contributed by atoms with Crippen molar-refractivity contribution in [3.05, 3.63) is 0 Å². The van der Waals surface area contributed by atoms with Gasteiger partial charge in [-0.1, -0.05) is 11.2 Å². The Balaban J connectivity index is 4.11. The van der Waals surface area contributed by atoms with E-state index in [9.17, 15) is 0 Å². The molecule has 0 aliphatic rings. The maximum absolute atomic E-state index is 5.35. The first-order valence-corrected chi connectivity index (χ1v) is 10.9. The SMILES string of the molecule is CO[Si](CCCS[Si](OC)(OC)OC)(OC)OC. The molecule has 9 heteroatoms. The minimum atomic E-state index is -2.53. The van der Waals surface area contributed by atoms with Crippen molar-refractivity contribution in [2.75, 3.05) is 48.4 Å². The fourth-order valence-electron chi connectivity index (χ4n) is 1.47. The van der Waals surface area contributed by atoms with Crippen LogP contribution in [0.1, 0.15) is 6.42 Å². The Morgan fingerprint density at radius 2 is 1.17 bits per heavy atom. The molecule has 0 amide bonds. The Bertz CT molecular complexity index is 175. The van der Waals surface area contributed by atoms with Gasteiger partial charge in [0.2, 0.25) is 0 Å². The van der Waals surface area contributed by atoms with Gasteiger partial charge in [-0.3, -0.25) is 0 Å². The van der Waals surface area contributed by atoms with Crippen LogP contribution in [-0.4, -0.2) is 65.2 Å². The summed E-state index contributed by atoms with van der Waals surface area (Å²) in [5.41, 5.74) is 0. The molecule has 18 heavy (non-hydrogen) atoms. The molecule has 0 heterocycles. The molecule has 0 radical (unpaired) electrons. The van der Waals surface area contributed by atoms with E-state index in [1.165, 1.54) is 0 Å². The second-order valence-electron chi connectivity index (χ2n) is 3.36. The first-order valence-electron chi connectivity index (χ1n) is 5.52. The van der Waals surface area contributed by atoms with Gasteiger partial charge in [-0.15, -0.1) is 0 Å². The molecule has 0 unspecified atom stereocenters. The van der Waals surface area contributed by atoms with E-state index in [1.54, 1.807) is 53.9 Å². The first kappa shape index (κ1) is 18.5. The summed E-state index contributed by atoms with van der Waals surface area (Å²) in [4.78, 5) is 0. The molecule has 0 aliphatic heterocycles. The fraction of sp³-hybridized carbons (Fsp3) is 1.00. The maximum atomic E-state index is 5.35. The molecule has 6 nitrogen and oxygen atoms in total. The largest absolute Gasteiger partial charge is 0.572 e. The van der Waals surface area contributed by atoms with Gasteiger partial charge in [0.05, 0.1) is 0 Å². The lowest BCUT2D eigenvalue weighted by molar-refractivity contribution is 0.123. The summed E-state index contributed by atoms with van der Waals surface area (Å²) in [5.74, 6) is 0.840. The minimum absolute atomic E-state index is 0.755. The summed E-state index contributed by atoms with van der Waals surface area (Å²) in [6, 6.07) is 0.755. The molecule has 0 fully saturated rings. The summed E-state index contributed by atoms with van der Waals surface area (Å²) in [6.07, 6.45) is 0.886. The summed E-state index contributed by atoms with van der Waals surface area (Å²) in [7, 11) is 4.65. The number of rotatable bonds is 11. The van der Waals surface area contributed by atoms with E-state index in [4.69, 9.17) is 26.6 Å². The average Bonchev–Trinajstić information content (AvgIpc) is 2.45. The summed E-state index contributed by atoms with van der Waals surface area (Å²) < 4.78 is 32.0. The van der Waals surface area contributed by atoms with E-state index in [0.29, 0.717) is 0 Å². The van der Waals surface area contributed by atoms with E-state index >= 15 is 0 Å². The molecule has 0 saturated heterocycles. The second kappa shape index (κ2) is 9.45. The standard InChI is InChI=1S/C9H24O6SSi2/c1-10-17(11-2,12-3)9-7-8-16-18(13-4,14-5)15-6/h7-9H2,1-6H3. The highest BCUT2D eigenvalue weighted by molar-refractivity contribution is 8.26. The van der Waals surface area contributed by atoms with Gasteiger partial charge < -0.3 is 26.6 Å². The third-order valence-electron chi connectivity index (χ3n) is 2.59. The van der Waals surface area contributed by atoms with Gasteiger partial charge in [0.15, 0.2) is 0 Å². The Labute approximate surface area is 116 Å². The zero-order valence-corrected chi connectivity index (χ0v) is 14.8. The molecule has 0 atom stereocenters. The van der Waals surface area contributed by atoms with Crippen molar-refractivity contribution in [1.82, 2.24) is 0 Å². The van der Waals surface area contributed by atoms with Crippen LogP contribution < -0.4 is 0 Å². The van der Waals surface area contributed by atoms with Crippen molar-refractivity contribution in [1.29, 1.82) is 0 Å². The van der Waals surface area contributed by atoms with Gasteiger partial charge >= 0.3 is 16.8 Å². The van der Waals surface area contributed by atoms with Crippen LogP contribution >= 0.6 is 11.2 Å². The van der Waals surface area contributed by atoms with Gasteiger partial charge in [-0.05, 0) is 12.2 Å². The summed E-state index contributed by atoms with van der Waals surface area (Å²) in [5, 5.41) is 0. The van der Waals surface area contributed by atoms with Crippen molar-refractivity contribution in [3.63, 3.8) is 0 Å². The highest BCUT2D eigenvalue weighted by Gasteiger charge is 2.41. The van der Waals surface area contributed by atoms with Crippen LogP contribution in [0.3, 0.4) is 0 Å². The highest BCUT2D eigenvalue weighted by atomic mass is 32.4. The first-order chi connectivity index (χ1) is 8.57. The third kappa shape index (κ3) is 5.27.